The Morgan fingerprint density at radius 2 is 1.95 bits per heavy atom. The van der Waals surface area contributed by atoms with Gasteiger partial charge in [-0.1, -0.05) is 13.8 Å². The van der Waals surface area contributed by atoms with Crippen LogP contribution in [0.15, 0.2) is 0 Å². The molecule has 1 heterocycles. The van der Waals surface area contributed by atoms with Gasteiger partial charge in [-0.3, -0.25) is 4.79 Å². The number of nitriles is 1. The van der Waals surface area contributed by atoms with E-state index in [-0.39, 0.29) is 23.5 Å². The predicted octanol–water partition coefficient (Wildman–Crippen LogP) is 2.71. The molecular weight excluding hydrogens is 276 g/mol. The molecule has 1 saturated heterocycles. The zero-order valence-electron chi connectivity index (χ0n) is 13.8. The molecule has 22 heavy (non-hydrogen) atoms. The van der Waals surface area contributed by atoms with Crippen LogP contribution in [0.3, 0.4) is 0 Å². The molecule has 6 atom stereocenters. The summed E-state index contributed by atoms with van der Waals surface area (Å²) in [7, 11) is 0. The third-order valence-corrected chi connectivity index (χ3v) is 6.25. The summed E-state index contributed by atoms with van der Waals surface area (Å²) in [5, 5.41) is 19.0. The van der Waals surface area contributed by atoms with Gasteiger partial charge in [0.1, 0.15) is 6.04 Å². The minimum absolute atomic E-state index is 0.0938. The Hall–Kier alpha value is -1.08. The number of carbonyl (C=O) groups excluding carboxylic acids is 1. The van der Waals surface area contributed by atoms with Gasteiger partial charge in [-0.2, -0.15) is 5.26 Å². The second-order valence-corrected chi connectivity index (χ2v) is 8.40. The molecule has 1 amide bonds. The van der Waals surface area contributed by atoms with Crippen LogP contribution in [0.2, 0.25) is 0 Å². The Bertz CT molecular complexity index is 470. The summed E-state index contributed by atoms with van der Waals surface area (Å²) in [6.45, 7) is 5.16. The van der Waals surface area contributed by atoms with Crippen molar-refractivity contribution < 1.29 is 9.90 Å². The second-order valence-electron chi connectivity index (χ2n) is 8.40. The van der Waals surface area contributed by atoms with Crippen molar-refractivity contribution in [1.82, 2.24) is 4.90 Å². The van der Waals surface area contributed by atoms with Gasteiger partial charge in [0.15, 0.2) is 0 Å². The minimum atomic E-state index is -0.214. The Morgan fingerprint density at radius 3 is 2.55 bits per heavy atom. The molecule has 0 aromatic heterocycles. The van der Waals surface area contributed by atoms with Gasteiger partial charge in [0.25, 0.3) is 0 Å². The third kappa shape index (κ3) is 3.01. The summed E-state index contributed by atoms with van der Waals surface area (Å²) in [5.74, 6) is 1.92. The summed E-state index contributed by atoms with van der Waals surface area (Å²) in [6.07, 6.45) is 6.44. The number of fused-ring (bicyclic) bond motifs is 1. The molecule has 0 bridgehead atoms. The lowest BCUT2D eigenvalue weighted by Gasteiger charge is -2.27. The van der Waals surface area contributed by atoms with Crippen LogP contribution in [0.4, 0.5) is 0 Å². The smallest absolute Gasteiger partial charge is 0.223 e. The maximum Gasteiger partial charge on any atom is 0.223 e. The van der Waals surface area contributed by atoms with Gasteiger partial charge in [-0.05, 0) is 61.7 Å². The zero-order valence-corrected chi connectivity index (χ0v) is 13.8. The molecule has 2 aliphatic carbocycles. The second kappa shape index (κ2) is 5.85. The largest absolute Gasteiger partial charge is 0.393 e. The number of amides is 1. The van der Waals surface area contributed by atoms with Gasteiger partial charge in [-0.15, -0.1) is 0 Å². The summed E-state index contributed by atoms with van der Waals surface area (Å²) < 4.78 is 0. The Kier molecular flexibility index (Phi) is 4.20. The fourth-order valence-electron chi connectivity index (χ4n) is 5.23. The van der Waals surface area contributed by atoms with E-state index in [0.717, 1.165) is 45.1 Å². The fraction of sp³-hybridized carbons (Fsp3) is 0.889. The molecule has 3 fully saturated rings. The van der Waals surface area contributed by atoms with Crippen molar-refractivity contribution in [3.8, 4) is 6.07 Å². The molecular formula is C18H28N2O2. The van der Waals surface area contributed by atoms with E-state index >= 15 is 0 Å². The summed E-state index contributed by atoms with van der Waals surface area (Å²) >= 11 is 0. The normalized spacial score (nSPS) is 44.1. The van der Waals surface area contributed by atoms with E-state index in [1.54, 1.807) is 4.90 Å². The quantitative estimate of drug-likeness (QED) is 0.872. The molecule has 1 N–H and O–H groups in total. The molecule has 2 saturated carbocycles. The van der Waals surface area contributed by atoms with E-state index in [2.05, 4.69) is 19.9 Å². The van der Waals surface area contributed by atoms with Crippen molar-refractivity contribution in [3.05, 3.63) is 0 Å². The van der Waals surface area contributed by atoms with E-state index < -0.39 is 0 Å². The Morgan fingerprint density at radius 1 is 1.32 bits per heavy atom. The number of hydrogen-bond acceptors (Lipinski definition) is 3. The van der Waals surface area contributed by atoms with Gasteiger partial charge in [0.05, 0.1) is 12.2 Å². The number of carbonyl (C=O) groups is 1. The van der Waals surface area contributed by atoms with E-state index in [1.807, 2.05) is 0 Å². The number of aliphatic hydroxyl groups is 1. The van der Waals surface area contributed by atoms with Crippen molar-refractivity contribution in [1.29, 1.82) is 5.26 Å². The van der Waals surface area contributed by atoms with Crippen molar-refractivity contribution >= 4 is 5.91 Å². The molecule has 0 aromatic carbocycles. The molecule has 3 aliphatic rings. The first kappa shape index (κ1) is 15.8. The van der Waals surface area contributed by atoms with E-state index in [0.29, 0.717) is 24.2 Å². The minimum Gasteiger partial charge on any atom is -0.393 e. The highest BCUT2D eigenvalue weighted by molar-refractivity contribution is 5.77. The van der Waals surface area contributed by atoms with Crippen LogP contribution >= 0.6 is 0 Å². The average Bonchev–Trinajstić information content (AvgIpc) is 3.07. The van der Waals surface area contributed by atoms with Crippen molar-refractivity contribution in [2.24, 2.45) is 23.2 Å². The lowest BCUT2D eigenvalue weighted by atomic mass is 9.81. The fourth-order valence-corrected chi connectivity index (χ4v) is 5.23. The molecule has 0 radical (unpaired) electrons. The Balaban J connectivity index is 1.53. The molecule has 0 aromatic rings. The van der Waals surface area contributed by atoms with Gasteiger partial charge in [0, 0.05) is 13.0 Å². The lowest BCUT2D eigenvalue weighted by Crippen LogP contribution is -2.35. The molecule has 4 heteroatoms. The number of rotatable bonds is 3. The number of likely N-dealkylation sites (tertiary alicyclic amines) is 1. The van der Waals surface area contributed by atoms with E-state index in [9.17, 15) is 15.2 Å². The van der Waals surface area contributed by atoms with Crippen LogP contribution < -0.4 is 0 Å². The molecule has 1 aliphatic heterocycles. The van der Waals surface area contributed by atoms with Gasteiger partial charge < -0.3 is 10.0 Å². The molecule has 4 nitrogen and oxygen atoms in total. The Labute approximate surface area is 133 Å². The van der Waals surface area contributed by atoms with Gasteiger partial charge in [-0.25, -0.2) is 0 Å². The molecule has 0 spiro atoms. The van der Waals surface area contributed by atoms with Gasteiger partial charge >= 0.3 is 0 Å². The number of nitrogens with zero attached hydrogens (tertiary/aromatic N) is 2. The van der Waals surface area contributed by atoms with Crippen LogP contribution in [-0.2, 0) is 4.79 Å². The SMILES string of the molecule is C[C@H]1C[C@@H](C#N)N(C(=O)CCC2(C)C[C@H]3CC(O)C[C@H]3C2)C1. The summed E-state index contributed by atoms with van der Waals surface area (Å²) in [6, 6.07) is 2.06. The van der Waals surface area contributed by atoms with E-state index in [4.69, 9.17) is 0 Å². The first-order valence-corrected chi connectivity index (χ1v) is 8.77. The zero-order chi connectivity index (χ0) is 15.9. The van der Waals surface area contributed by atoms with E-state index in [1.165, 1.54) is 0 Å². The van der Waals surface area contributed by atoms with Crippen LogP contribution in [0.5, 0.6) is 0 Å². The molecule has 3 rings (SSSR count). The molecule has 122 valence electrons. The first-order valence-electron chi connectivity index (χ1n) is 8.77. The maximum atomic E-state index is 12.5. The highest BCUT2D eigenvalue weighted by Crippen LogP contribution is 2.54. The lowest BCUT2D eigenvalue weighted by molar-refractivity contribution is -0.131. The van der Waals surface area contributed by atoms with Crippen molar-refractivity contribution in [2.45, 2.75) is 70.9 Å². The summed E-state index contributed by atoms with van der Waals surface area (Å²) in [5.41, 5.74) is 0.249. The maximum absolute atomic E-state index is 12.5. The van der Waals surface area contributed by atoms with Crippen LogP contribution in [0, 0.1) is 34.5 Å². The topological polar surface area (TPSA) is 64.3 Å². The first-order chi connectivity index (χ1) is 10.4. The van der Waals surface area contributed by atoms with Crippen LogP contribution in [0.25, 0.3) is 0 Å². The van der Waals surface area contributed by atoms with Crippen LogP contribution in [0.1, 0.15) is 58.8 Å². The van der Waals surface area contributed by atoms with Crippen LogP contribution in [-0.4, -0.2) is 34.6 Å². The molecule has 2 unspecified atom stereocenters. The highest BCUT2D eigenvalue weighted by Gasteiger charge is 2.46. The standard InChI is InChI=1S/C18H28N2O2/c1-12-5-15(10-19)20(11-12)17(22)3-4-18(2)8-13-6-16(21)7-14(13)9-18/h12-16,21H,3-9,11H2,1-2H3/t12-,13-,14+,15-,16?,18?/m0/s1. The average molecular weight is 304 g/mol. The van der Waals surface area contributed by atoms with Crippen molar-refractivity contribution in [2.75, 3.05) is 6.54 Å². The van der Waals surface area contributed by atoms with Crippen molar-refractivity contribution in [3.63, 3.8) is 0 Å². The van der Waals surface area contributed by atoms with Gasteiger partial charge in [0.2, 0.25) is 5.91 Å². The summed E-state index contributed by atoms with van der Waals surface area (Å²) in [4.78, 5) is 14.3. The number of aliphatic hydroxyl groups excluding tert-OH is 1. The highest BCUT2D eigenvalue weighted by atomic mass is 16.3. The third-order valence-electron chi connectivity index (χ3n) is 6.25. The monoisotopic (exact) mass is 304 g/mol. The number of hydrogen-bond donors (Lipinski definition) is 1. The predicted molar refractivity (Wildman–Crippen MR) is 83.7 cm³/mol.